The number of hydrogen-bond donors (Lipinski definition) is 2. The molecule has 0 atom stereocenters. The lowest BCUT2D eigenvalue weighted by Crippen LogP contribution is -2.24. The molecular weight excluding hydrogens is 333 g/mol. The molecule has 0 fully saturated rings. The van der Waals surface area contributed by atoms with Crippen LogP contribution in [0.4, 0.5) is 10.2 Å². The molecule has 1 aromatic carbocycles. The summed E-state index contributed by atoms with van der Waals surface area (Å²) >= 11 is 0. The van der Waals surface area contributed by atoms with Gasteiger partial charge in [-0.25, -0.2) is 9.37 Å². The number of carbonyl (C=O) groups is 1. The molecule has 2 aromatic rings. The number of pyridine rings is 1. The number of nitrogens with zero attached hydrogens (tertiary/aromatic N) is 1. The van der Waals surface area contributed by atoms with E-state index >= 15 is 0 Å². The maximum Gasteiger partial charge on any atom is 0.255 e. The minimum absolute atomic E-state index is 0.0371. The first kappa shape index (κ1) is 19.4. The maximum absolute atomic E-state index is 14.5. The Labute approximate surface area is 153 Å². The van der Waals surface area contributed by atoms with E-state index < -0.39 is 11.7 Å². The van der Waals surface area contributed by atoms with Gasteiger partial charge in [0.25, 0.3) is 5.91 Å². The highest BCUT2D eigenvalue weighted by Gasteiger charge is 2.13. The third kappa shape index (κ3) is 5.58. The number of aromatic nitrogens is 1. The Morgan fingerprint density at radius 2 is 2.15 bits per heavy atom. The van der Waals surface area contributed by atoms with Gasteiger partial charge in [-0.1, -0.05) is 31.2 Å². The highest BCUT2D eigenvalue weighted by Crippen LogP contribution is 2.21. The molecule has 0 saturated carbocycles. The Bertz CT molecular complexity index is 762. The van der Waals surface area contributed by atoms with Gasteiger partial charge >= 0.3 is 0 Å². The van der Waals surface area contributed by atoms with Crippen LogP contribution in [-0.2, 0) is 6.54 Å². The number of anilines is 1. The number of hydrogen-bond acceptors (Lipinski definition) is 4. The first-order valence-corrected chi connectivity index (χ1v) is 8.67. The van der Waals surface area contributed by atoms with Crippen LogP contribution in [0.1, 0.15) is 42.1 Å². The number of amides is 1. The van der Waals surface area contributed by atoms with Gasteiger partial charge in [0.1, 0.15) is 5.82 Å². The molecule has 0 aliphatic carbocycles. The molecule has 1 heterocycles. The van der Waals surface area contributed by atoms with Crippen molar-refractivity contribution in [2.75, 3.05) is 12.3 Å². The van der Waals surface area contributed by atoms with Gasteiger partial charge in [-0.2, -0.15) is 0 Å². The molecule has 6 heteroatoms. The molecule has 1 amide bonds. The van der Waals surface area contributed by atoms with Crippen LogP contribution in [0.2, 0.25) is 0 Å². The van der Waals surface area contributed by atoms with Crippen LogP contribution in [0.3, 0.4) is 0 Å². The van der Waals surface area contributed by atoms with Crippen LogP contribution < -0.4 is 15.8 Å². The molecule has 1 aromatic heterocycles. The summed E-state index contributed by atoms with van der Waals surface area (Å²) in [4.78, 5) is 16.0. The molecule has 0 unspecified atom stereocenters. The highest BCUT2D eigenvalue weighted by atomic mass is 19.1. The Morgan fingerprint density at radius 3 is 2.92 bits per heavy atom. The number of nitrogens with one attached hydrogen (secondary N) is 1. The molecule has 0 spiro atoms. The van der Waals surface area contributed by atoms with E-state index in [1.54, 1.807) is 30.3 Å². The van der Waals surface area contributed by atoms with E-state index in [2.05, 4.69) is 29.4 Å². The first-order valence-electron chi connectivity index (χ1n) is 8.67. The topological polar surface area (TPSA) is 77.2 Å². The Balaban J connectivity index is 1.91. The molecule has 2 rings (SSSR count). The number of allylic oxidation sites excluding steroid dienone is 2. The minimum atomic E-state index is -0.462. The molecule has 0 bridgehead atoms. The Morgan fingerprint density at radius 1 is 1.31 bits per heavy atom. The summed E-state index contributed by atoms with van der Waals surface area (Å²) < 4.78 is 20.0. The number of nitrogen functional groups attached to an aromatic ring is 1. The first-order chi connectivity index (χ1) is 12.6. The molecule has 138 valence electrons. The monoisotopic (exact) mass is 357 g/mol. The van der Waals surface area contributed by atoms with Gasteiger partial charge in [0, 0.05) is 18.3 Å². The second-order valence-corrected chi connectivity index (χ2v) is 5.72. The standard InChI is InChI=1S/C20H24FN3O2/c1-2-3-4-5-6-13-26-17-11-7-9-15(18(17)21)14-24-20(25)16-10-8-12-23-19(16)22/h3-4,7-12H,2,5-6,13-14H2,1H3,(H2,22,23)(H,24,25). The fourth-order valence-corrected chi connectivity index (χ4v) is 2.35. The van der Waals surface area contributed by atoms with E-state index in [9.17, 15) is 9.18 Å². The van der Waals surface area contributed by atoms with Crippen molar-refractivity contribution in [3.8, 4) is 5.75 Å². The number of halogens is 1. The molecule has 0 saturated heterocycles. The number of rotatable bonds is 9. The van der Waals surface area contributed by atoms with E-state index in [0.29, 0.717) is 12.2 Å². The van der Waals surface area contributed by atoms with Crippen LogP contribution in [0, 0.1) is 5.82 Å². The summed E-state index contributed by atoms with van der Waals surface area (Å²) in [7, 11) is 0. The lowest BCUT2D eigenvalue weighted by molar-refractivity contribution is 0.0951. The van der Waals surface area contributed by atoms with Crippen molar-refractivity contribution >= 4 is 11.7 Å². The van der Waals surface area contributed by atoms with Gasteiger partial charge in [0.15, 0.2) is 11.6 Å². The third-order valence-corrected chi connectivity index (χ3v) is 3.74. The second kappa shape index (κ2) is 10.2. The second-order valence-electron chi connectivity index (χ2n) is 5.72. The summed E-state index contributed by atoms with van der Waals surface area (Å²) in [6.07, 6.45) is 8.42. The van der Waals surface area contributed by atoms with E-state index in [-0.39, 0.29) is 23.7 Å². The lowest BCUT2D eigenvalue weighted by atomic mass is 10.2. The quantitative estimate of drug-likeness (QED) is 0.528. The van der Waals surface area contributed by atoms with Crippen LogP contribution in [-0.4, -0.2) is 17.5 Å². The largest absolute Gasteiger partial charge is 0.490 e. The van der Waals surface area contributed by atoms with Crippen molar-refractivity contribution in [1.82, 2.24) is 10.3 Å². The maximum atomic E-state index is 14.5. The highest BCUT2D eigenvalue weighted by molar-refractivity contribution is 5.98. The van der Waals surface area contributed by atoms with Gasteiger partial charge < -0.3 is 15.8 Å². The summed E-state index contributed by atoms with van der Waals surface area (Å²) in [5.74, 6) is -0.531. The van der Waals surface area contributed by atoms with Crippen LogP contribution in [0.15, 0.2) is 48.7 Å². The summed E-state index contributed by atoms with van der Waals surface area (Å²) in [6.45, 7) is 2.55. The van der Waals surface area contributed by atoms with E-state index in [1.807, 2.05) is 0 Å². The number of carbonyl (C=O) groups excluding carboxylic acids is 1. The Hall–Kier alpha value is -2.89. The molecule has 3 N–H and O–H groups in total. The van der Waals surface area contributed by atoms with Crippen LogP contribution >= 0.6 is 0 Å². The van der Waals surface area contributed by atoms with Crippen LogP contribution in [0.5, 0.6) is 5.75 Å². The smallest absolute Gasteiger partial charge is 0.255 e. The Kier molecular flexibility index (Phi) is 7.61. The predicted molar refractivity (Wildman–Crippen MR) is 100 cm³/mol. The number of ether oxygens (including phenoxy) is 1. The molecule has 5 nitrogen and oxygen atoms in total. The molecule has 0 aliphatic rings. The number of unbranched alkanes of at least 4 members (excludes halogenated alkanes) is 1. The van der Waals surface area contributed by atoms with E-state index in [1.165, 1.54) is 6.20 Å². The number of nitrogens with two attached hydrogens (primary N) is 1. The molecule has 0 radical (unpaired) electrons. The van der Waals surface area contributed by atoms with E-state index in [4.69, 9.17) is 10.5 Å². The van der Waals surface area contributed by atoms with Gasteiger partial charge in [0.05, 0.1) is 12.2 Å². The average molecular weight is 357 g/mol. The third-order valence-electron chi connectivity index (χ3n) is 3.74. The normalized spacial score (nSPS) is 10.8. The van der Waals surface area contributed by atoms with Crippen molar-refractivity contribution in [1.29, 1.82) is 0 Å². The summed E-state index contributed by atoms with van der Waals surface area (Å²) in [5.41, 5.74) is 6.29. The zero-order valence-corrected chi connectivity index (χ0v) is 14.9. The van der Waals surface area contributed by atoms with Crippen LogP contribution in [0.25, 0.3) is 0 Å². The van der Waals surface area contributed by atoms with E-state index in [0.717, 1.165) is 19.3 Å². The van der Waals surface area contributed by atoms with Crippen molar-refractivity contribution in [3.63, 3.8) is 0 Å². The minimum Gasteiger partial charge on any atom is -0.490 e. The number of benzene rings is 1. The zero-order valence-electron chi connectivity index (χ0n) is 14.9. The fraction of sp³-hybridized carbons (Fsp3) is 0.300. The predicted octanol–water partition coefficient (Wildman–Crippen LogP) is 3.86. The van der Waals surface area contributed by atoms with Gasteiger partial charge in [-0.05, 0) is 37.5 Å². The van der Waals surface area contributed by atoms with Crippen molar-refractivity contribution in [2.45, 2.75) is 32.7 Å². The lowest BCUT2D eigenvalue weighted by Gasteiger charge is -2.11. The average Bonchev–Trinajstić information content (AvgIpc) is 2.65. The SMILES string of the molecule is CCC=CCCCOc1cccc(CNC(=O)c2cccnc2N)c1F. The summed E-state index contributed by atoms with van der Waals surface area (Å²) in [6, 6.07) is 8.09. The van der Waals surface area contributed by atoms with Gasteiger partial charge in [-0.15, -0.1) is 0 Å². The summed E-state index contributed by atoms with van der Waals surface area (Å²) in [5, 5.41) is 2.65. The van der Waals surface area contributed by atoms with Gasteiger partial charge in [-0.3, -0.25) is 4.79 Å². The van der Waals surface area contributed by atoms with Crippen molar-refractivity contribution in [2.24, 2.45) is 0 Å². The fourth-order valence-electron chi connectivity index (χ4n) is 2.35. The van der Waals surface area contributed by atoms with Crippen molar-refractivity contribution < 1.29 is 13.9 Å². The molecule has 0 aliphatic heterocycles. The molecule has 26 heavy (non-hydrogen) atoms. The molecular formula is C20H24FN3O2. The van der Waals surface area contributed by atoms with Crippen molar-refractivity contribution in [3.05, 3.63) is 65.6 Å². The van der Waals surface area contributed by atoms with Gasteiger partial charge in [0.2, 0.25) is 0 Å². The zero-order chi connectivity index (χ0) is 18.8.